The van der Waals surface area contributed by atoms with Gasteiger partial charge < -0.3 is 19.9 Å². The highest BCUT2D eigenvalue weighted by molar-refractivity contribution is 5.75. The molecular formula is C14H21NO4. The van der Waals surface area contributed by atoms with E-state index >= 15 is 0 Å². The predicted octanol–water partition coefficient (Wildman–Crippen LogP) is 0.751. The molecule has 0 saturated heterocycles. The molecule has 0 heterocycles. The maximum absolute atomic E-state index is 11.6. The topological polar surface area (TPSA) is 67.8 Å². The number of hydrogen-bond acceptors (Lipinski definition) is 5. The van der Waals surface area contributed by atoms with Crippen LogP contribution in [0.25, 0.3) is 0 Å². The molecule has 1 aromatic rings. The quantitative estimate of drug-likeness (QED) is 0.680. The molecule has 0 aliphatic rings. The van der Waals surface area contributed by atoms with Crippen LogP contribution < -0.4 is 10.1 Å². The molecule has 1 atom stereocenters. The molecule has 0 radical (unpaired) electrons. The van der Waals surface area contributed by atoms with Crippen molar-refractivity contribution in [2.24, 2.45) is 0 Å². The lowest BCUT2D eigenvalue weighted by Gasteiger charge is -2.17. The lowest BCUT2D eigenvalue weighted by atomic mass is 10.1. The summed E-state index contributed by atoms with van der Waals surface area (Å²) in [5.74, 6) is 0.353. The molecule has 1 aromatic carbocycles. The lowest BCUT2D eigenvalue weighted by Crippen LogP contribution is -2.40. The van der Waals surface area contributed by atoms with Crippen LogP contribution in [0.5, 0.6) is 5.75 Å². The van der Waals surface area contributed by atoms with E-state index in [4.69, 9.17) is 14.6 Å². The van der Waals surface area contributed by atoms with E-state index < -0.39 is 6.04 Å². The van der Waals surface area contributed by atoms with Crippen LogP contribution in [-0.2, 0) is 16.0 Å². The van der Waals surface area contributed by atoms with Crippen molar-refractivity contribution in [3.05, 3.63) is 29.8 Å². The minimum atomic E-state index is -0.498. The largest absolute Gasteiger partial charge is 0.491 e. The number of carbonyl (C=O) groups excluding carboxylic acids is 1. The lowest BCUT2D eigenvalue weighted by molar-refractivity contribution is -0.146. The smallest absolute Gasteiger partial charge is 0.326 e. The zero-order valence-corrected chi connectivity index (χ0v) is 11.4. The molecule has 106 valence electrons. The Morgan fingerprint density at radius 3 is 2.79 bits per heavy atom. The SMILES string of the molecule is CCOC(=O)C(COc1ccccc1CCO)NC. The molecule has 1 unspecified atom stereocenters. The fraction of sp³-hybridized carbons (Fsp3) is 0.500. The van der Waals surface area contributed by atoms with Gasteiger partial charge in [-0.3, -0.25) is 4.79 Å². The summed E-state index contributed by atoms with van der Waals surface area (Å²) in [6.07, 6.45) is 0.528. The van der Waals surface area contributed by atoms with E-state index in [1.807, 2.05) is 24.3 Å². The number of carbonyl (C=O) groups is 1. The summed E-state index contributed by atoms with van der Waals surface area (Å²) in [6.45, 7) is 2.37. The summed E-state index contributed by atoms with van der Waals surface area (Å²) in [5.41, 5.74) is 0.920. The normalized spacial score (nSPS) is 11.9. The highest BCUT2D eigenvalue weighted by atomic mass is 16.5. The van der Waals surface area contributed by atoms with E-state index in [1.54, 1.807) is 14.0 Å². The minimum absolute atomic E-state index is 0.0632. The first-order valence-electron chi connectivity index (χ1n) is 6.38. The first kappa shape index (κ1) is 15.5. The van der Waals surface area contributed by atoms with Crippen molar-refractivity contribution in [1.82, 2.24) is 5.32 Å². The molecule has 0 spiro atoms. The Hall–Kier alpha value is -1.59. The Labute approximate surface area is 113 Å². The summed E-state index contributed by atoms with van der Waals surface area (Å²) in [6, 6.07) is 6.96. The molecule has 19 heavy (non-hydrogen) atoms. The number of aliphatic hydroxyl groups excluding tert-OH is 1. The maximum Gasteiger partial charge on any atom is 0.326 e. The van der Waals surface area contributed by atoms with Gasteiger partial charge in [0.05, 0.1) is 6.61 Å². The molecule has 5 nitrogen and oxygen atoms in total. The van der Waals surface area contributed by atoms with Crippen LogP contribution in [0.2, 0.25) is 0 Å². The zero-order valence-electron chi connectivity index (χ0n) is 11.4. The van der Waals surface area contributed by atoms with Crippen molar-refractivity contribution in [3.8, 4) is 5.75 Å². The fourth-order valence-corrected chi connectivity index (χ4v) is 1.66. The molecule has 0 aliphatic heterocycles. The summed E-state index contributed by atoms with van der Waals surface area (Å²) < 4.78 is 10.6. The molecule has 1 rings (SSSR count). The maximum atomic E-state index is 11.6. The van der Waals surface area contributed by atoms with Gasteiger partial charge in [0.25, 0.3) is 0 Å². The number of ether oxygens (including phenoxy) is 2. The summed E-state index contributed by atoms with van der Waals surface area (Å²) >= 11 is 0. The van der Waals surface area contributed by atoms with Gasteiger partial charge in [0.2, 0.25) is 0 Å². The van der Waals surface area contributed by atoms with E-state index in [9.17, 15) is 4.79 Å². The Kier molecular flexibility index (Phi) is 6.92. The second kappa shape index (κ2) is 8.50. The van der Waals surface area contributed by atoms with Crippen molar-refractivity contribution in [3.63, 3.8) is 0 Å². The highest BCUT2D eigenvalue weighted by Gasteiger charge is 2.18. The van der Waals surface area contributed by atoms with E-state index in [2.05, 4.69) is 5.32 Å². The summed E-state index contributed by atoms with van der Waals surface area (Å²) in [5, 5.41) is 11.8. The number of aliphatic hydroxyl groups is 1. The standard InChI is InChI=1S/C14H21NO4/c1-3-18-14(17)12(15-2)10-19-13-7-5-4-6-11(13)8-9-16/h4-7,12,15-16H,3,8-10H2,1-2H3. The monoisotopic (exact) mass is 267 g/mol. The predicted molar refractivity (Wildman–Crippen MR) is 72.2 cm³/mol. The van der Waals surface area contributed by atoms with Crippen molar-refractivity contribution >= 4 is 5.97 Å². The average Bonchev–Trinajstić information content (AvgIpc) is 2.42. The van der Waals surface area contributed by atoms with E-state index in [1.165, 1.54) is 0 Å². The summed E-state index contributed by atoms with van der Waals surface area (Å²) in [4.78, 5) is 11.6. The number of likely N-dealkylation sites (N-methyl/N-ethyl adjacent to an activating group) is 1. The van der Waals surface area contributed by atoms with Crippen molar-refractivity contribution < 1.29 is 19.4 Å². The highest BCUT2D eigenvalue weighted by Crippen LogP contribution is 2.18. The molecule has 0 aromatic heterocycles. The summed E-state index contributed by atoms with van der Waals surface area (Å²) in [7, 11) is 1.69. The van der Waals surface area contributed by atoms with Gasteiger partial charge in [-0.1, -0.05) is 18.2 Å². The average molecular weight is 267 g/mol. The molecule has 0 saturated carbocycles. The molecule has 0 bridgehead atoms. The third-order valence-corrected chi connectivity index (χ3v) is 2.68. The van der Waals surface area contributed by atoms with Gasteiger partial charge in [-0.25, -0.2) is 0 Å². The Morgan fingerprint density at radius 1 is 1.42 bits per heavy atom. The second-order valence-electron chi connectivity index (χ2n) is 3.99. The number of hydrogen-bond donors (Lipinski definition) is 2. The van der Waals surface area contributed by atoms with Crippen LogP contribution in [0.1, 0.15) is 12.5 Å². The van der Waals surface area contributed by atoms with Crippen LogP contribution >= 0.6 is 0 Å². The number of para-hydroxylation sites is 1. The molecule has 0 fully saturated rings. The molecular weight excluding hydrogens is 246 g/mol. The van der Waals surface area contributed by atoms with Crippen LogP contribution in [0.3, 0.4) is 0 Å². The van der Waals surface area contributed by atoms with E-state index in [0.717, 1.165) is 5.56 Å². The molecule has 0 amide bonds. The number of esters is 1. The first-order chi connectivity index (χ1) is 9.22. The first-order valence-corrected chi connectivity index (χ1v) is 6.38. The van der Waals surface area contributed by atoms with Crippen LogP contribution in [0.4, 0.5) is 0 Å². The van der Waals surface area contributed by atoms with E-state index in [0.29, 0.717) is 18.8 Å². The third-order valence-electron chi connectivity index (χ3n) is 2.68. The Balaban J connectivity index is 2.61. The molecule has 0 aliphatic carbocycles. The van der Waals surface area contributed by atoms with Gasteiger partial charge >= 0.3 is 5.97 Å². The molecule has 5 heteroatoms. The van der Waals surface area contributed by atoms with Crippen molar-refractivity contribution in [2.75, 3.05) is 26.9 Å². The van der Waals surface area contributed by atoms with Gasteiger partial charge in [-0.2, -0.15) is 0 Å². The van der Waals surface area contributed by atoms with Gasteiger partial charge in [-0.05, 0) is 32.0 Å². The minimum Gasteiger partial charge on any atom is -0.491 e. The number of rotatable bonds is 8. The number of nitrogens with one attached hydrogen (secondary N) is 1. The van der Waals surface area contributed by atoms with E-state index in [-0.39, 0.29) is 19.2 Å². The number of benzene rings is 1. The van der Waals surface area contributed by atoms with Gasteiger partial charge in [0.15, 0.2) is 0 Å². The van der Waals surface area contributed by atoms with Crippen LogP contribution in [0, 0.1) is 0 Å². The van der Waals surface area contributed by atoms with Crippen LogP contribution in [0.15, 0.2) is 24.3 Å². The zero-order chi connectivity index (χ0) is 14.1. The fourth-order valence-electron chi connectivity index (χ4n) is 1.66. The van der Waals surface area contributed by atoms with Gasteiger partial charge in [0.1, 0.15) is 18.4 Å². The Morgan fingerprint density at radius 2 is 2.16 bits per heavy atom. The molecule has 2 N–H and O–H groups in total. The van der Waals surface area contributed by atoms with Gasteiger partial charge in [0, 0.05) is 6.61 Å². The third kappa shape index (κ3) is 4.89. The Bertz CT molecular complexity index is 395. The van der Waals surface area contributed by atoms with Gasteiger partial charge in [-0.15, -0.1) is 0 Å². The van der Waals surface area contributed by atoms with Crippen molar-refractivity contribution in [1.29, 1.82) is 0 Å². The van der Waals surface area contributed by atoms with Crippen molar-refractivity contribution in [2.45, 2.75) is 19.4 Å². The second-order valence-corrected chi connectivity index (χ2v) is 3.99. The van der Waals surface area contributed by atoms with Crippen LogP contribution in [-0.4, -0.2) is 44.0 Å².